The lowest BCUT2D eigenvalue weighted by atomic mass is 10.1. The van der Waals surface area contributed by atoms with Crippen molar-refractivity contribution in [3.8, 4) is 28.7 Å². The molecule has 74 heavy (non-hydrogen) atoms. The number of sulfonamides is 1. The van der Waals surface area contributed by atoms with Gasteiger partial charge < -0.3 is 51.5 Å². The summed E-state index contributed by atoms with van der Waals surface area (Å²) in [6.45, 7) is 11.0. The van der Waals surface area contributed by atoms with Gasteiger partial charge in [-0.15, -0.1) is 0 Å². The van der Waals surface area contributed by atoms with Crippen LogP contribution >= 0.6 is 46.1 Å². The number of para-hydroxylation sites is 1. The van der Waals surface area contributed by atoms with Crippen LogP contribution in [-0.2, 0) is 21.0 Å². The maximum Gasteiger partial charge on any atom is 0.418 e. The third-order valence-corrected chi connectivity index (χ3v) is 13.3. The van der Waals surface area contributed by atoms with Gasteiger partial charge >= 0.3 is 11.0 Å². The second-order valence-corrected chi connectivity index (χ2v) is 20.2. The fourth-order valence-corrected chi connectivity index (χ4v) is 9.31. The average molecular weight is 1120 g/mol. The molecule has 0 radical (unpaired) electrons. The Morgan fingerprint density at radius 1 is 0.649 bits per heavy atom. The number of aromatic amines is 2. The zero-order valence-corrected chi connectivity index (χ0v) is 43.9. The number of alkyl halides is 3. The van der Waals surface area contributed by atoms with Crippen LogP contribution in [0.4, 0.5) is 35.9 Å². The molecule has 6 aromatic carbocycles. The van der Waals surface area contributed by atoms with Crippen LogP contribution in [0.25, 0.3) is 21.1 Å². The van der Waals surface area contributed by atoms with Crippen molar-refractivity contribution in [2.24, 2.45) is 0 Å². The molecular formula is C50H48Cl3F3N6O10S2. The summed E-state index contributed by atoms with van der Waals surface area (Å²) in [6, 6.07) is 24.5. The number of aromatic hydroxyl groups is 3. The van der Waals surface area contributed by atoms with Crippen molar-refractivity contribution < 1.29 is 51.2 Å². The Hall–Kier alpha value is -7.30. The number of nitrogens with two attached hydrogens (primary N) is 2. The Kier molecular flexibility index (Phi) is 18.8. The third kappa shape index (κ3) is 14.9. The minimum atomic E-state index is -4.44. The molecule has 2 aliphatic heterocycles. The number of thiazole rings is 1. The van der Waals surface area contributed by atoms with Crippen LogP contribution < -0.4 is 41.4 Å². The zero-order chi connectivity index (χ0) is 55.0. The molecule has 1 amide bonds. The molecule has 0 fully saturated rings. The van der Waals surface area contributed by atoms with Gasteiger partial charge in [-0.2, -0.15) is 13.2 Å². The number of anilines is 4. The van der Waals surface area contributed by atoms with Gasteiger partial charge in [-0.1, -0.05) is 76.5 Å². The lowest BCUT2D eigenvalue weighted by Gasteiger charge is -2.20. The molecule has 16 nitrogen and oxygen atoms in total. The quantitative estimate of drug-likeness (QED) is 0.0507. The number of hydrogen-bond acceptors (Lipinski definition) is 13. The van der Waals surface area contributed by atoms with Crippen molar-refractivity contribution in [1.29, 1.82) is 0 Å². The molecule has 8 aromatic rings. The molecule has 0 saturated carbocycles. The fourth-order valence-electron chi connectivity index (χ4n) is 6.78. The van der Waals surface area contributed by atoms with E-state index in [1.54, 1.807) is 54.6 Å². The van der Waals surface area contributed by atoms with E-state index in [4.69, 9.17) is 55.7 Å². The van der Waals surface area contributed by atoms with Crippen LogP contribution in [0, 0.1) is 41.5 Å². The molecule has 2 aromatic heterocycles. The van der Waals surface area contributed by atoms with Crippen molar-refractivity contribution in [3.05, 3.63) is 165 Å². The van der Waals surface area contributed by atoms with Crippen molar-refractivity contribution in [2.45, 2.75) is 47.7 Å². The first-order valence-electron chi connectivity index (χ1n) is 21.5. The molecule has 392 valence electrons. The Morgan fingerprint density at radius 2 is 1.20 bits per heavy atom. The highest BCUT2D eigenvalue weighted by Gasteiger charge is 2.34. The minimum Gasteiger partial charge on any atom is -0.506 e. The lowest BCUT2D eigenvalue weighted by molar-refractivity contribution is -0.137. The average Bonchev–Trinajstić information content (AvgIpc) is 3.74. The second kappa shape index (κ2) is 24.2. The number of ether oxygens (including phenoxy) is 2. The van der Waals surface area contributed by atoms with E-state index in [9.17, 15) is 51.3 Å². The van der Waals surface area contributed by atoms with Crippen molar-refractivity contribution in [2.75, 3.05) is 34.1 Å². The van der Waals surface area contributed by atoms with E-state index in [2.05, 4.69) is 20.0 Å². The largest absolute Gasteiger partial charge is 0.506 e. The van der Waals surface area contributed by atoms with Crippen molar-refractivity contribution >= 4 is 106 Å². The van der Waals surface area contributed by atoms with E-state index in [1.807, 2.05) is 46.8 Å². The van der Waals surface area contributed by atoms with Gasteiger partial charge in [-0.05, 0) is 130 Å². The highest BCUT2D eigenvalue weighted by molar-refractivity contribution is 7.92. The normalized spacial score (nSPS) is 12.7. The highest BCUT2D eigenvalue weighted by atomic mass is 35.5. The minimum absolute atomic E-state index is 0.0112. The number of aromatic nitrogens is 2. The number of nitrogen functional groups attached to an aromatic ring is 2. The van der Waals surface area contributed by atoms with Gasteiger partial charge in [0, 0.05) is 11.5 Å². The highest BCUT2D eigenvalue weighted by Crippen LogP contribution is 2.39. The predicted octanol–water partition coefficient (Wildman–Crippen LogP) is 11.4. The van der Waals surface area contributed by atoms with E-state index in [-0.39, 0.29) is 51.2 Å². The molecule has 2 aliphatic rings. The van der Waals surface area contributed by atoms with Gasteiger partial charge in [-0.25, -0.2) is 8.42 Å². The van der Waals surface area contributed by atoms with Gasteiger partial charge in [0.25, 0.3) is 15.9 Å². The number of hydrogen-bond donors (Lipinski definition) is 9. The van der Waals surface area contributed by atoms with Crippen LogP contribution in [0.3, 0.4) is 0 Å². The number of H-pyrrole nitrogens is 2. The molecule has 0 unspecified atom stereocenters. The Bertz CT molecular complexity index is 3560. The molecule has 0 spiro atoms. The van der Waals surface area contributed by atoms with Gasteiger partial charge in [-0.3, -0.25) is 19.1 Å². The van der Waals surface area contributed by atoms with E-state index >= 15 is 0 Å². The number of aryl methyl sites for hydroxylation is 6. The summed E-state index contributed by atoms with van der Waals surface area (Å²) in [5.74, 6) is 0.913. The Morgan fingerprint density at radius 3 is 1.82 bits per heavy atom. The molecule has 10 rings (SSSR count). The number of carbonyl (C=O) groups excluding carboxylic acids is 1. The van der Waals surface area contributed by atoms with Crippen LogP contribution in [-0.4, -0.2) is 52.2 Å². The number of carbonyl (C=O) groups is 1. The summed E-state index contributed by atoms with van der Waals surface area (Å²) in [7, 11) is -3.29. The first-order valence-corrected chi connectivity index (χ1v) is 25.1. The second-order valence-electron chi connectivity index (χ2n) is 16.4. The lowest BCUT2D eigenvalue weighted by Crippen LogP contribution is -2.25. The molecule has 24 heteroatoms. The van der Waals surface area contributed by atoms with Crippen LogP contribution in [0.2, 0.25) is 15.1 Å². The topological polar surface area (TPSA) is 272 Å². The number of nitrogens with one attached hydrogen (secondary N) is 4. The number of pyridine rings is 1. The number of rotatable bonds is 0. The first-order chi connectivity index (χ1) is 34.6. The van der Waals surface area contributed by atoms with Gasteiger partial charge in [0.2, 0.25) is 11.5 Å². The van der Waals surface area contributed by atoms with Gasteiger partial charge in [0.1, 0.15) is 40.0 Å². The molecule has 0 atom stereocenters. The predicted molar refractivity (Wildman–Crippen MR) is 287 cm³/mol. The fraction of sp³-hybridized carbons (Fsp3) is 0.180. The van der Waals surface area contributed by atoms with Crippen LogP contribution in [0.5, 0.6) is 28.7 Å². The summed E-state index contributed by atoms with van der Waals surface area (Å²) < 4.78 is 72.5. The smallest absolute Gasteiger partial charge is 0.418 e. The summed E-state index contributed by atoms with van der Waals surface area (Å²) in [4.78, 5) is 37.9. The summed E-state index contributed by atoms with van der Waals surface area (Å²) in [5.41, 5.74) is 16.9. The van der Waals surface area contributed by atoms with E-state index in [0.29, 0.717) is 55.2 Å². The summed E-state index contributed by atoms with van der Waals surface area (Å²) in [5, 5.41) is 32.6. The first kappa shape index (κ1) is 57.6. The number of phenols is 3. The number of benzene rings is 6. The Labute approximate surface area is 440 Å². The third-order valence-electron chi connectivity index (χ3n) is 10.4. The van der Waals surface area contributed by atoms with Crippen LogP contribution in [0.15, 0.2) is 101 Å². The number of phenolic OH excluding ortho intramolecular Hbond substituents is 3. The van der Waals surface area contributed by atoms with Gasteiger partial charge in [0.15, 0.2) is 6.61 Å². The standard InChI is InChI=1S/C10H9NO2.C9H9NO3.C8H7ClF3N.C8H9NO3S.C8H7NO2S.C7H7Cl2N/c1-6-2-4-8(12)10-7(6)3-5-9(13)11-10;1-5-2-3-6(11)8-9(5)13-4-7(12)10-8;1-4-2-5(8(10,11)12)7(13)6(9)3-4;1-6-3-2-4-7-8(6)12-5-13(10,11)9-7;1-4-2-3-5(10)6-7(4)12-8(11)9-6;1-4-2-5(8)7(10)6(9)3-4/h2-5,12H,1H3,(H,11,13);2-3,11H,4H2,1H3,(H,10,12);2-3H,13H2,1H3;2-4,9H,5H2,1H3;2-3,10H,1H3,(H,9,11);2-3H,10H2,1H3. The van der Waals surface area contributed by atoms with Crippen LogP contribution in [0.1, 0.15) is 38.9 Å². The molecule has 0 aliphatic carbocycles. The van der Waals surface area contributed by atoms with E-state index < -0.39 is 27.5 Å². The summed E-state index contributed by atoms with van der Waals surface area (Å²) in [6.07, 6.45) is -4.44. The molecular weight excluding hydrogens is 1070 g/mol. The monoisotopic (exact) mass is 1120 g/mol. The molecule has 0 bridgehead atoms. The Balaban J connectivity index is 0.000000165. The number of halogens is 6. The maximum absolute atomic E-state index is 12.3. The summed E-state index contributed by atoms with van der Waals surface area (Å²) >= 11 is 18.0. The SMILES string of the molecule is Cc1cc(Cl)c(N)c(C(F)(F)F)c1.Cc1cc(Cl)c(N)c(Cl)c1.Cc1ccc(O)c2[nH]c(=O)ccc12.Cc1ccc(O)c2[nH]c(=O)sc12.Cc1ccc(O)c2c1OCC(=O)N2.Cc1cccc2c1OCS(=O)(=O)N2. The number of amides is 1. The number of fused-ring (bicyclic) bond motifs is 4. The van der Waals surface area contributed by atoms with Crippen molar-refractivity contribution in [1.82, 2.24) is 9.97 Å². The molecule has 11 N–H and O–H groups in total. The van der Waals surface area contributed by atoms with E-state index in [1.165, 1.54) is 25.1 Å². The zero-order valence-electron chi connectivity index (χ0n) is 40.0. The van der Waals surface area contributed by atoms with Gasteiger partial charge in [0.05, 0.1) is 47.9 Å². The molecule has 0 saturated heterocycles. The van der Waals surface area contributed by atoms with E-state index in [0.717, 1.165) is 55.3 Å². The molecule has 4 heterocycles. The van der Waals surface area contributed by atoms with Crippen molar-refractivity contribution in [3.63, 3.8) is 0 Å². The maximum atomic E-state index is 12.3.